The van der Waals surface area contributed by atoms with Gasteiger partial charge in [-0.25, -0.2) is 0 Å². The van der Waals surface area contributed by atoms with E-state index < -0.39 is 0 Å². The first-order chi connectivity index (χ1) is 12.2. The van der Waals surface area contributed by atoms with Gasteiger partial charge in [0, 0.05) is 38.5 Å². The predicted molar refractivity (Wildman–Crippen MR) is 97.0 cm³/mol. The van der Waals surface area contributed by atoms with Crippen molar-refractivity contribution in [2.45, 2.75) is 31.0 Å². The standard InChI is InChI=1S/C21H24N2O2/c1-16(25)22-14-21(15-22)20(18-10-6-3-7-11-18)19(13-24)23(21)12-17-8-4-2-5-9-17/h2-11,19-20,24H,12-15H2,1H3/t19-,20+/m0/s1. The van der Waals surface area contributed by atoms with Gasteiger partial charge < -0.3 is 10.0 Å². The van der Waals surface area contributed by atoms with Gasteiger partial charge in [-0.15, -0.1) is 0 Å². The van der Waals surface area contributed by atoms with Crippen molar-refractivity contribution >= 4 is 5.91 Å². The van der Waals surface area contributed by atoms with Gasteiger partial charge in [0.25, 0.3) is 0 Å². The minimum absolute atomic E-state index is 0.0593. The topological polar surface area (TPSA) is 43.8 Å². The van der Waals surface area contributed by atoms with Crippen LogP contribution in [0.25, 0.3) is 0 Å². The molecule has 0 aliphatic carbocycles. The molecular formula is C21H24N2O2. The van der Waals surface area contributed by atoms with Crippen LogP contribution in [-0.2, 0) is 11.3 Å². The van der Waals surface area contributed by atoms with Gasteiger partial charge >= 0.3 is 0 Å². The van der Waals surface area contributed by atoms with Crippen LogP contribution in [0.15, 0.2) is 60.7 Å². The molecule has 0 unspecified atom stereocenters. The molecule has 4 nitrogen and oxygen atoms in total. The van der Waals surface area contributed by atoms with Crippen molar-refractivity contribution in [3.05, 3.63) is 71.8 Å². The Hall–Kier alpha value is -2.17. The fourth-order valence-corrected chi connectivity index (χ4v) is 4.63. The maximum absolute atomic E-state index is 11.8. The summed E-state index contributed by atoms with van der Waals surface area (Å²) in [5.41, 5.74) is 2.44. The van der Waals surface area contributed by atoms with Crippen molar-refractivity contribution in [1.29, 1.82) is 0 Å². The van der Waals surface area contributed by atoms with Crippen LogP contribution in [0.3, 0.4) is 0 Å². The van der Waals surface area contributed by atoms with E-state index in [9.17, 15) is 9.90 Å². The number of nitrogens with zero attached hydrogens (tertiary/aromatic N) is 2. The van der Waals surface area contributed by atoms with Crippen molar-refractivity contribution in [3.8, 4) is 0 Å². The summed E-state index contributed by atoms with van der Waals surface area (Å²) in [4.78, 5) is 16.1. The van der Waals surface area contributed by atoms with Crippen LogP contribution in [0.4, 0.5) is 0 Å². The Morgan fingerprint density at radius 1 is 1.08 bits per heavy atom. The lowest BCUT2D eigenvalue weighted by Crippen LogP contribution is -2.84. The fraction of sp³-hybridized carbons (Fsp3) is 0.381. The van der Waals surface area contributed by atoms with E-state index in [0.717, 1.165) is 19.6 Å². The third-order valence-electron chi connectivity index (χ3n) is 5.85. The summed E-state index contributed by atoms with van der Waals surface area (Å²) < 4.78 is 0. The molecule has 1 N–H and O–H groups in total. The lowest BCUT2D eigenvalue weighted by molar-refractivity contribution is -0.199. The van der Waals surface area contributed by atoms with Crippen molar-refractivity contribution in [2.75, 3.05) is 19.7 Å². The lowest BCUT2D eigenvalue weighted by atomic mass is 9.60. The number of carbonyl (C=O) groups excluding carboxylic acids is 1. The Labute approximate surface area is 148 Å². The Bertz CT molecular complexity index is 741. The second kappa shape index (κ2) is 6.28. The van der Waals surface area contributed by atoms with Gasteiger partial charge in [0.1, 0.15) is 0 Å². The van der Waals surface area contributed by atoms with Gasteiger partial charge in [0.05, 0.1) is 12.1 Å². The number of hydrogen-bond donors (Lipinski definition) is 1. The average molecular weight is 336 g/mol. The SMILES string of the molecule is CC(=O)N1CC2(C1)[C@H](c1ccccc1)[C@H](CO)N2Cc1ccccc1. The normalized spacial score (nSPS) is 24.6. The Morgan fingerprint density at radius 2 is 1.68 bits per heavy atom. The number of hydrogen-bond acceptors (Lipinski definition) is 3. The monoisotopic (exact) mass is 336 g/mol. The van der Waals surface area contributed by atoms with E-state index in [-0.39, 0.29) is 30.0 Å². The van der Waals surface area contributed by atoms with Crippen LogP contribution in [0.1, 0.15) is 24.0 Å². The molecule has 0 aromatic heterocycles. The maximum Gasteiger partial charge on any atom is 0.219 e. The summed E-state index contributed by atoms with van der Waals surface area (Å²) >= 11 is 0. The molecule has 4 heteroatoms. The van der Waals surface area contributed by atoms with Gasteiger partial charge in [0.15, 0.2) is 0 Å². The van der Waals surface area contributed by atoms with Crippen molar-refractivity contribution < 1.29 is 9.90 Å². The second-order valence-corrected chi connectivity index (χ2v) is 7.23. The molecule has 1 amide bonds. The number of aliphatic hydroxyl groups is 1. The highest BCUT2D eigenvalue weighted by atomic mass is 16.3. The van der Waals surface area contributed by atoms with Gasteiger partial charge in [-0.1, -0.05) is 60.7 Å². The van der Waals surface area contributed by atoms with E-state index in [1.807, 2.05) is 29.2 Å². The van der Waals surface area contributed by atoms with Crippen molar-refractivity contribution in [1.82, 2.24) is 9.80 Å². The highest BCUT2D eigenvalue weighted by Crippen LogP contribution is 2.54. The molecule has 2 aromatic carbocycles. The molecule has 2 fully saturated rings. The molecule has 130 valence electrons. The third-order valence-corrected chi connectivity index (χ3v) is 5.85. The summed E-state index contributed by atoms with van der Waals surface area (Å²) in [5.74, 6) is 0.391. The maximum atomic E-state index is 11.8. The van der Waals surface area contributed by atoms with Gasteiger partial charge in [-0.05, 0) is 11.1 Å². The van der Waals surface area contributed by atoms with E-state index in [2.05, 4.69) is 41.3 Å². The highest BCUT2D eigenvalue weighted by molar-refractivity contribution is 5.75. The molecule has 4 rings (SSSR count). The van der Waals surface area contributed by atoms with Crippen LogP contribution < -0.4 is 0 Å². The van der Waals surface area contributed by atoms with Gasteiger partial charge in [-0.3, -0.25) is 9.69 Å². The zero-order valence-electron chi connectivity index (χ0n) is 14.5. The van der Waals surface area contributed by atoms with Crippen molar-refractivity contribution in [3.63, 3.8) is 0 Å². The van der Waals surface area contributed by atoms with Crippen molar-refractivity contribution in [2.24, 2.45) is 0 Å². The quantitative estimate of drug-likeness (QED) is 0.931. The van der Waals surface area contributed by atoms with Crippen LogP contribution in [0.5, 0.6) is 0 Å². The largest absolute Gasteiger partial charge is 0.395 e. The summed E-state index contributed by atoms with van der Waals surface area (Å²) in [6.45, 7) is 4.06. The molecule has 2 aromatic rings. The average Bonchev–Trinajstić information content (AvgIpc) is 2.59. The molecule has 2 saturated heterocycles. The first-order valence-electron chi connectivity index (χ1n) is 8.88. The van der Waals surface area contributed by atoms with E-state index in [0.29, 0.717) is 0 Å². The highest BCUT2D eigenvalue weighted by Gasteiger charge is 2.65. The molecule has 0 bridgehead atoms. The number of aliphatic hydroxyl groups excluding tert-OH is 1. The molecule has 2 aliphatic heterocycles. The Kier molecular flexibility index (Phi) is 4.10. The van der Waals surface area contributed by atoms with Gasteiger partial charge in [-0.2, -0.15) is 0 Å². The first kappa shape index (κ1) is 16.3. The zero-order chi connectivity index (χ0) is 17.4. The molecular weight excluding hydrogens is 312 g/mol. The summed E-state index contributed by atoms with van der Waals surface area (Å²) in [5, 5.41) is 10.1. The first-order valence-corrected chi connectivity index (χ1v) is 8.88. The predicted octanol–water partition coefficient (Wildman–Crippen LogP) is 2.25. The van der Waals surface area contributed by atoms with E-state index in [1.54, 1.807) is 6.92 Å². The van der Waals surface area contributed by atoms with Crippen LogP contribution in [-0.4, -0.2) is 52.1 Å². The van der Waals surface area contributed by atoms with E-state index in [4.69, 9.17) is 0 Å². The zero-order valence-corrected chi connectivity index (χ0v) is 14.5. The summed E-state index contributed by atoms with van der Waals surface area (Å²) in [7, 11) is 0. The van der Waals surface area contributed by atoms with Crippen LogP contribution in [0, 0.1) is 0 Å². The summed E-state index contributed by atoms with van der Waals surface area (Å²) in [6, 6.07) is 20.9. The molecule has 1 spiro atoms. The number of likely N-dealkylation sites (tertiary alicyclic amines) is 2. The van der Waals surface area contributed by atoms with E-state index >= 15 is 0 Å². The summed E-state index contributed by atoms with van der Waals surface area (Å²) in [6.07, 6.45) is 0. The molecule has 2 heterocycles. The van der Waals surface area contributed by atoms with Crippen LogP contribution >= 0.6 is 0 Å². The van der Waals surface area contributed by atoms with Gasteiger partial charge in [0.2, 0.25) is 5.91 Å². The lowest BCUT2D eigenvalue weighted by Gasteiger charge is -2.70. The Morgan fingerprint density at radius 3 is 2.24 bits per heavy atom. The molecule has 0 radical (unpaired) electrons. The number of rotatable bonds is 4. The fourth-order valence-electron chi connectivity index (χ4n) is 4.63. The minimum atomic E-state index is -0.0593. The molecule has 2 aliphatic rings. The molecule has 25 heavy (non-hydrogen) atoms. The minimum Gasteiger partial charge on any atom is -0.395 e. The molecule has 0 saturated carbocycles. The third kappa shape index (κ3) is 2.57. The number of amides is 1. The van der Waals surface area contributed by atoms with E-state index in [1.165, 1.54) is 11.1 Å². The number of benzene rings is 2. The van der Waals surface area contributed by atoms with Crippen LogP contribution in [0.2, 0.25) is 0 Å². The Balaban J connectivity index is 1.65. The smallest absolute Gasteiger partial charge is 0.219 e. The second-order valence-electron chi connectivity index (χ2n) is 7.23. The molecule has 2 atom stereocenters. The number of carbonyl (C=O) groups is 1.